The largest absolute Gasteiger partial charge is 0.392 e. The quantitative estimate of drug-likeness (QED) is 0.878. The molecule has 1 heterocycles. The second-order valence-corrected chi connectivity index (χ2v) is 5.22. The second-order valence-electron chi connectivity index (χ2n) is 5.22. The van der Waals surface area contributed by atoms with E-state index in [0.29, 0.717) is 11.1 Å². The molecule has 1 N–H and O–H groups in total. The summed E-state index contributed by atoms with van der Waals surface area (Å²) in [5, 5.41) is 9.15. The summed E-state index contributed by atoms with van der Waals surface area (Å²) in [6.45, 7) is 2.06. The third-order valence-corrected chi connectivity index (χ3v) is 3.64. The number of fused-ring (bicyclic) bond motifs is 1. The topological polar surface area (TPSA) is 57.6 Å². The van der Waals surface area contributed by atoms with Crippen LogP contribution in [0.15, 0.2) is 42.5 Å². The summed E-state index contributed by atoms with van der Waals surface area (Å²) >= 11 is 0. The predicted molar refractivity (Wildman–Crippen MR) is 77.7 cm³/mol. The maximum absolute atomic E-state index is 12.4. The summed E-state index contributed by atoms with van der Waals surface area (Å²) in [5.41, 5.74) is 3.48. The lowest BCUT2D eigenvalue weighted by Gasteiger charge is -2.14. The first-order chi connectivity index (χ1) is 10.1. The van der Waals surface area contributed by atoms with Gasteiger partial charge in [0.2, 0.25) is 0 Å². The molecule has 0 atom stereocenters. The van der Waals surface area contributed by atoms with Crippen molar-refractivity contribution >= 4 is 11.8 Å². The zero-order chi connectivity index (χ0) is 15.0. The number of carbonyl (C=O) groups excluding carboxylic acids is 2. The first-order valence-corrected chi connectivity index (χ1v) is 6.75. The summed E-state index contributed by atoms with van der Waals surface area (Å²) in [4.78, 5) is 26.0. The smallest absolute Gasteiger partial charge is 0.261 e. The van der Waals surface area contributed by atoms with Crippen molar-refractivity contribution in [1.82, 2.24) is 4.90 Å². The van der Waals surface area contributed by atoms with Crippen LogP contribution in [0.3, 0.4) is 0 Å². The molecule has 0 spiro atoms. The van der Waals surface area contributed by atoms with E-state index in [-0.39, 0.29) is 25.0 Å². The molecule has 2 aromatic rings. The van der Waals surface area contributed by atoms with Gasteiger partial charge in [0, 0.05) is 0 Å². The van der Waals surface area contributed by atoms with E-state index >= 15 is 0 Å². The van der Waals surface area contributed by atoms with Crippen LogP contribution in [0, 0.1) is 6.92 Å². The fourth-order valence-corrected chi connectivity index (χ4v) is 2.56. The van der Waals surface area contributed by atoms with Crippen LogP contribution in [0.1, 0.15) is 37.4 Å². The Labute approximate surface area is 122 Å². The van der Waals surface area contributed by atoms with Gasteiger partial charge in [-0.15, -0.1) is 0 Å². The van der Waals surface area contributed by atoms with Crippen LogP contribution in [0.2, 0.25) is 0 Å². The van der Waals surface area contributed by atoms with Gasteiger partial charge < -0.3 is 5.11 Å². The highest BCUT2D eigenvalue weighted by molar-refractivity contribution is 6.21. The zero-order valence-electron chi connectivity index (χ0n) is 11.7. The molecule has 3 rings (SSSR count). The van der Waals surface area contributed by atoms with E-state index in [0.717, 1.165) is 16.7 Å². The molecule has 1 aliphatic heterocycles. The normalized spacial score (nSPS) is 13.7. The van der Waals surface area contributed by atoms with Gasteiger partial charge in [-0.05, 0) is 30.2 Å². The first-order valence-electron chi connectivity index (χ1n) is 6.75. The maximum atomic E-state index is 12.4. The summed E-state index contributed by atoms with van der Waals surface area (Å²) in [6, 6.07) is 12.5. The van der Waals surface area contributed by atoms with Crippen LogP contribution in [0.25, 0.3) is 0 Å². The number of benzene rings is 2. The Morgan fingerprint density at radius 3 is 2.43 bits per heavy atom. The van der Waals surface area contributed by atoms with Gasteiger partial charge in [-0.3, -0.25) is 14.5 Å². The first kappa shape index (κ1) is 13.5. The monoisotopic (exact) mass is 281 g/mol. The number of carbonyl (C=O) groups is 2. The number of aryl methyl sites for hydroxylation is 1. The molecule has 2 aromatic carbocycles. The summed E-state index contributed by atoms with van der Waals surface area (Å²) in [7, 11) is 0. The molecule has 0 aliphatic carbocycles. The van der Waals surface area contributed by atoms with Crippen molar-refractivity contribution in [3.8, 4) is 0 Å². The molecule has 0 radical (unpaired) electrons. The molecular weight excluding hydrogens is 266 g/mol. The molecule has 0 saturated carbocycles. The van der Waals surface area contributed by atoms with Crippen LogP contribution in [-0.2, 0) is 13.2 Å². The minimum absolute atomic E-state index is 0.0604. The number of hydrogen-bond donors (Lipinski definition) is 1. The lowest BCUT2D eigenvalue weighted by molar-refractivity contribution is 0.0642. The average molecular weight is 281 g/mol. The predicted octanol–water partition coefficient (Wildman–Crippen LogP) is 2.28. The van der Waals surface area contributed by atoms with Crippen molar-refractivity contribution < 1.29 is 14.7 Å². The Kier molecular flexibility index (Phi) is 3.31. The van der Waals surface area contributed by atoms with Gasteiger partial charge in [0.15, 0.2) is 0 Å². The van der Waals surface area contributed by atoms with Crippen molar-refractivity contribution in [2.75, 3.05) is 0 Å². The number of imide groups is 1. The van der Waals surface area contributed by atoms with Crippen LogP contribution in [0.4, 0.5) is 0 Å². The van der Waals surface area contributed by atoms with Crippen LogP contribution in [-0.4, -0.2) is 21.8 Å². The van der Waals surface area contributed by atoms with Crippen LogP contribution >= 0.6 is 0 Å². The second kappa shape index (κ2) is 5.14. The summed E-state index contributed by atoms with van der Waals surface area (Å²) < 4.78 is 0. The van der Waals surface area contributed by atoms with Gasteiger partial charge in [0.25, 0.3) is 11.8 Å². The molecule has 4 heteroatoms. The van der Waals surface area contributed by atoms with Crippen LogP contribution in [0.5, 0.6) is 0 Å². The SMILES string of the molecule is Cc1ccc2c(c1)C(=O)N(Cc1cccc(CO)c1)C2=O. The molecule has 4 nitrogen and oxygen atoms in total. The van der Waals surface area contributed by atoms with E-state index in [1.54, 1.807) is 24.3 Å². The molecule has 1 aliphatic rings. The van der Waals surface area contributed by atoms with Crippen LogP contribution < -0.4 is 0 Å². The number of amides is 2. The minimum atomic E-state index is -0.260. The zero-order valence-corrected chi connectivity index (χ0v) is 11.7. The molecule has 0 fully saturated rings. The number of aliphatic hydroxyl groups excluding tert-OH is 1. The van der Waals surface area contributed by atoms with Gasteiger partial charge in [-0.25, -0.2) is 0 Å². The lowest BCUT2D eigenvalue weighted by atomic mass is 10.1. The standard InChI is InChI=1S/C17H15NO3/c1-11-5-6-14-15(7-11)17(21)18(16(14)20)9-12-3-2-4-13(8-12)10-19/h2-8,19H,9-10H2,1H3. The van der Waals surface area contributed by atoms with Gasteiger partial charge >= 0.3 is 0 Å². The highest BCUT2D eigenvalue weighted by Crippen LogP contribution is 2.25. The molecule has 21 heavy (non-hydrogen) atoms. The fourth-order valence-electron chi connectivity index (χ4n) is 2.56. The molecule has 0 aromatic heterocycles. The highest BCUT2D eigenvalue weighted by Gasteiger charge is 2.35. The highest BCUT2D eigenvalue weighted by atomic mass is 16.3. The van der Waals surface area contributed by atoms with Gasteiger partial charge in [0.1, 0.15) is 0 Å². The average Bonchev–Trinajstić information content (AvgIpc) is 2.72. The van der Waals surface area contributed by atoms with E-state index in [1.807, 2.05) is 25.1 Å². The van der Waals surface area contributed by atoms with Crippen molar-refractivity contribution in [1.29, 1.82) is 0 Å². The molecule has 2 amide bonds. The molecular formula is C17H15NO3. The minimum Gasteiger partial charge on any atom is -0.392 e. The summed E-state index contributed by atoms with van der Waals surface area (Å²) in [6.07, 6.45) is 0. The van der Waals surface area contributed by atoms with E-state index in [9.17, 15) is 9.59 Å². The Morgan fingerprint density at radius 2 is 1.67 bits per heavy atom. The Hall–Kier alpha value is -2.46. The van der Waals surface area contributed by atoms with Crippen molar-refractivity contribution in [2.24, 2.45) is 0 Å². The molecule has 0 unspecified atom stereocenters. The molecule has 0 bridgehead atoms. The van der Waals surface area contributed by atoms with Gasteiger partial charge in [0.05, 0.1) is 24.3 Å². The molecule has 0 saturated heterocycles. The third-order valence-electron chi connectivity index (χ3n) is 3.64. The van der Waals surface area contributed by atoms with Crippen molar-refractivity contribution in [3.63, 3.8) is 0 Å². The van der Waals surface area contributed by atoms with E-state index in [2.05, 4.69) is 0 Å². The van der Waals surface area contributed by atoms with Gasteiger partial charge in [-0.2, -0.15) is 0 Å². The van der Waals surface area contributed by atoms with E-state index < -0.39 is 0 Å². The fraction of sp³-hybridized carbons (Fsp3) is 0.176. The van der Waals surface area contributed by atoms with Gasteiger partial charge in [-0.1, -0.05) is 35.9 Å². The number of rotatable bonds is 3. The summed E-state index contributed by atoms with van der Waals surface area (Å²) in [5.74, 6) is -0.516. The van der Waals surface area contributed by atoms with E-state index in [4.69, 9.17) is 5.11 Å². The Morgan fingerprint density at radius 1 is 0.952 bits per heavy atom. The Bertz CT molecular complexity index is 737. The lowest BCUT2D eigenvalue weighted by Crippen LogP contribution is -2.29. The number of nitrogens with zero attached hydrogens (tertiary/aromatic N) is 1. The number of hydrogen-bond acceptors (Lipinski definition) is 3. The van der Waals surface area contributed by atoms with Crippen molar-refractivity contribution in [2.45, 2.75) is 20.1 Å². The van der Waals surface area contributed by atoms with E-state index in [1.165, 1.54) is 4.90 Å². The third kappa shape index (κ3) is 2.34. The molecule has 106 valence electrons. The maximum Gasteiger partial charge on any atom is 0.261 e. The van der Waals surface area contributed by atoms with Crippen molar-refractivity contribution in [3.05, 3.63) is 70.3 Å². The number of aliphatic hydroxyl groups is 1. The Balaban J connectivity index is 1.91.